The molecule has 0 saturated carbocycles. The number of nitrogens with one attached hydrogen (secondary N) is 2. The number of hydrogen-bond donors (Lipinski definition) is 2. The second kappa shape index (κ2) is 6.73. The van der Waals surface area contributed by atoms with Gasteiger partial charge in [-0.25, -0.2) is 0 Å². The Morgan fingerprint density at radius 3 is 2.25 bits per heavy atom. The minimum atomic E-state index is 0.524. The monoisotopic (exact) mass is 304 g/mol. The highest BCUT2D eigenvalue weighted by Gasteiger charge is 2.03. The predicted molar refractivity (Wildman–Crippen MR) is 91.8 cm³/mol. The van der Waals surface area contributed by atoms with Crippen LogP contribution in [0.3, 0.4) is 0 Å². The molecular formula is C16H17ClN2S. The largest absolute Gasteiger partial charge is 0.332 e. The van der Waals surface area contributed by atoms with E-state index in [1.54, 1.807) is 0 Å². The minimum Gasteiger partial charge on any atom is -0.332 e. The number of anilines is 2. The molecule has 0 aromatic heterocycles. The van der Waals surface area contributed by atoms with Gasteiger partial charge in [0.05, 0.1) is 10.7 Å². The van der Waals surface area contributed by atoms with E-state index < -0.39 is 0 Å². The summed E-state index contributed by atoms with van der Waals surface area (Å²) in [7, 11) is 0. The van der Waals surface area contributed by atoms with Crippen molar-refractivity contribution in [2.24, 2.45) is 0 Å². The molecule has 0 fully saturated rings. The fraction of sp³-hybridized carbons (Fsp3) is 0.188. The standard InChI is InChI=1S/C16H17ClN2S/c1-11(2)12-7-9-13(10-8-12)18-16(20)19-15-6-4-3-5-14(15)17/h3-11H,1-2H3,(H2,18,19,20). The van der Waals surface area contributed by atoms with Crippen LogP contribution in [0.1, 0.15) is 25.3 Å². The van der Waals surface area contributed by atoms with Crippen LogP contribution in [-0.2, 0) is 0 Å². The Hall–Kier alpha value is -1.58. The molecule has 0 heterocycles. The summed E-state index contributed by atoms with van der Waals surface area (Å²) in [5.41, 5.74) is 3.06. The summed E-state index contributed by atoms with van der Waals surface area (Å²) >= 11 is 11.4. The van der Waals surface area contributed by atoms with Crippen LogP contribution in [0.15, 0.2) is 48.5 Å². The normalized spacial score (nSPS) is 10.4. The van der Waals surface area contributed by atoms with E-state index in [9.17, 15) is 0 Å². The van der Waals surface area contributed by atoms with E-state index in [0.717, 1.165) is 11.4 Å². The highest BCUT2D eigenvalue weighted by Crippen LogP contribution is 2.21. The van der Waals surface area contributed by atoms with Gasteiger partial charge in [0.1, 0.15) is 0 Å². The van der Waals surface area contributed by atoms with E-state index in [2.05, 4.69) is 36.6 Å². The Balaban J connectivity index is 1.99. The minimum absolute atomic E-state index is 0.524. The Bertz CT molecular complexity index is 594. The molecule has 104 valence electrons. The van der Waals surface area contributed by atoms with E-state index in [1.807, 2.05) is 36.4 Å². The third-order valence-electron chi connectivity index (χ3n) is 2.96. The highest BCUT2D eigenvalue weighted by atomic mass is 35.5. The molecule has 0 atom stereocenters. The number of rotatable bonds is 3. The SMILES string of the molecule is CC(C)c1ccc(NC(=S)Nc2ccccc2Cl)cc1. The van der Waals surface area contributed by atoms with Crippen molar-refractivity contribution in [1.82, 2.24) is 0 Å². The van der Waals surface area contributed by atoms with Crippen LogP contribution in [0.5, 0.6) is 0 Å². The van der Waals surface area contributed by atoms with Gasteiger partial charge in [-0.3, -0.25) is 0 Å². The van der Waals surface area contributed by atoms with Gasteiger partial charge in [0.15, 0.2) is 5.11 Å². The van der Waals surface area contributed by atoms with Crippen molar-refractivity contribution in [3.8, 4) is 0 Å². The molecule has 4 heteroatoms. The van der Waals surface area contributed by atoms with Gasteiger partial charge in [-0.15, -0.1) is 0 Å². The number of halogens is 1. The van der Waals surface area contributed by atoms with Crippen LogP contribution in [0.25, 0.3) is 0 Å². The number of benzene rings is 2. The third-order valence-corrected chi connectivity index (χ3v) is 3.49. The van der Waals surface area contributed by atoms with Crippen LogP contribution in [0.4, 0.5) is 11.4 Å². The van der Waals surface area contributed by atoms with Crippen molar-refractivity contribution in [3.63, 3.8) is 0 Å². The summed E-state index contributed by atoms with van der Waals surface area (Å²) in [4.78, 5) is 0. The lowest BCUT2D eigenvalue weighted by Crippen LogP contribution is -2.19. The maximum atomic E-state index is 6.08. The molecule has 0 aliphatic rings. The molecule has 0 bridgehead atoms. The zero-order valence-corrected chi connectivity index (χ0v) is 13.1. The summed E-state index contributed by atoms with van der Waals surface area (Å²) in [5, 5.41) is 7.40. The molecule has 2 aromatic carbocycles. The van der Waals surface area contributed by atoms with E-state index in [0.29, 0.717) is 16.1 Å². The Kier molecular flexibility index (Phi) is 4.99. The van der Waals surface area contributed by atoms with Gasteiger partial charge < -0.3 is 10.6 Å². The van der Waals surface area contributed by atoms with Gasteiger partial charge in [-0.1, -0.05) is 49.7 Å². The maximum Gasteiger partial charge on any atom is 0.175 e. The van der Waals surface area contributed by atoms with Gasteiger partial charge in [0.25, 0.3) is 0 Å². The second-order valence-electron chi connectivity index (χ2n) is 4.84. The molecule has 2 rings (SSSR count). The van der Waals surface area contributed by atoms with Gasteiger partial charge in [-0.05, 0) is 48.0 Å². The van der Waals surface area contributed by atoms with Crippen molar-refractivity contribution in [1.29, 1.82) is 0 Å². The zero-order valence-electron chi connectivity index (χ0n) is 11.5. The number of hydrogen-bond acceptors (Lipinski definition) is 1. The van der Waals surface area contributed by atoms with Gasteiger partial charge >= 0.3 is 0 Å². The highest BCUT2D eigenvalue weighted by molar-refractivity contribution is 7.80. The average Bonchev–Trinajstić information content (AvgIpc) is 2.42. The van der Waals surface area contributed by atoms with E-state index in [1.165, 1.54) is 5.56 Å². The number of para-hydroxylation sites is 1. The molecule has 2 aromatic rings. The first kappa shape index (κ1) is 14.8. The fourth-order valence-electron chi connectivity index (χ4n) is 1.80. The maximum absolute atomic E-state index is 6.08. The third kappa shape index (κ3) is 3.95. The summed E-state index contributed by atoms with van der Waals surface area (Å²) in [6.07, 6.45) is 0. The van der Waals surface area contributed by atoms with Gasteiger partial charge in [-0.2, -0.15) is 0 Å². The first-order valence-corrected chi connectivity index (χ1v) is 7.27. The van der Waals surface area contributed by atoms with E-state index in [4.69, 9.17) is 23.8 Å². The molecule has 0 amide bonds. The molecule has 0 radical (unpaired) electrons. The van der Waals surface area contributed by atoms with Crippen molar-refractivity contribution < 1.29 is 0 Å². The Labute approximate surface area is 130 Å². The molecule has 0 spiro atoms. The Morgan fingerprint density at radius 1 is 1.00 bits per heavy atom. The fourth-order valence-corrected chi connectivity index (χ4v) is 2.21. The van der Waals surface area contributed by atoms with Crippen LogP contribution < -0.4 is 10.6 Å². The molecule has 2 nitrogen and oxygen atoms in total. The summed E-state index contributed by atoms with van der Waals surface area (Å²) in [6.45, 7) is 4.35. The molecule has 0 aliphatic carbocycles. The lowest BCUT2D eigenvalue weighted by molar-refractivity contribution is 0.867. The summed E-state index contributed by atoms with van der Waals surface area (Å²) in [6, 6.07) is 15.8. The van der Waals surface area contributed by atoms with Crippen molar-refractivity contribution in [2.45, 2.75) is 19.8 Å². The molecule has 20 heavy (non-hydrogen) atoms. The lowest BCUT2D eigenvalue weighted by Gasteiger charge is -2.12. The van der Waals surface area contributed by atoms with Crippen LogP contribution in [-0.4, -0.2) is 5.11 Å². The summed E-state index contributed by atoms with van der Waals surface area (Å²) in [5.74, 6) is 0.525. The van der Waals surface area contributed by atoms with Crippen molar-refractivity contribution >= 4 is 40.3 Å². The predicted octanol–water partition coefficient (Wildman–Crippen LogP) is 5.27. The first-order valence-electron chi connectivity index (χ1n) is 6.49. The van der Waals surface area contributed by atoms with Gasteiger partial charge in [0, 0.05) is 5.69 Å². The van der Waals surface area contributed by atoms with Gasteiger partial charge in [0.2, 0.25) is 0 Å². The van der Waals surface area contributed by atoms with Crippen LogP contribution in [0.2, 0.25) is 5.02 Å². The summed E-state index contributed by atoms with van der Waals surface area (Å²) < 4.78 is 0. The smallest absolute Gasteiger partial charge is 0.175 e. The molecule has 2 N–H and O–H groups in total. The lowest BCUT2D eigenvalue weighted by atomic mass is 10.0. The topological polar surface area (TPSA) is 24.1 Å². The molecule has 0 unspecified atom stereocenters. The van der Waals surface area contributed by atoms with E-state index >= 15 is 0 Å². The van der Waals surface area contributed by atoms with Crippen LogP contribution in [0, 0.1) is 0 Å². The number of thiocarbonyl (C=S) groups is 1. The molecule has 0 aliphatic heterocycles. The van der Waals surface area contributed by atoms with E-state index in [-0.39, 0.29) is 0 Å². The second-order valence-corrected chi connectivity index (χ2v) is 5.65. The molecular weight excluding hydrogens is 288 g/mol. The Morgan fingerprint density at radius 2 is 1.65 bits per heavy atom. The quantitative estimate of drug-likeness (QED) is 0.755. The van der Waals surface area contributed by atoms with Crippen molar-refractivity contribution in [3.05, 3.63) is 59.1 Å². The molecule has 0 saturated heterocycles. The van der Waals surface area contributed by atoms with Crippen molar-refractivity contribution in [2.75, 3.05) is 10.6 Å². The average molecular weight is 305 g/mol. The zero-order chi connectivity index (χ0) is 14.5. The van der Waals surface area contributed by atoms with Crippen LogP contribution >= 0.6 is 23.8 Å². The first-order chi connectivity index (χ1) is 9.56.